The zero-order valence-electron chi connectivity index (χ0n) is 30.2. The van der Waals surface area contributed by atoms with E-state index in [1.807, 2.05) is 87.6 Å². The fraction of sp³-hybridized carbons (Fsp3) is 0.487. The van der Waals surface area contributed by atoms with Crippen molar-refractivity contribution in [2.75, 3.05) is 43.3 Å². The number of unbranched alkanes of at least 4 members (excludes halogenated alkanes) is 1. The van der Waals surface area contributed by atoms with E-state index >= 15 is 0 Å². The van der Waals surface area contributed by atoms with Crippen LogP contribution in [0.5, 0.6) is 11.5 Å². The van der Waals surface area contributed by atoms with Crippen LogP contribution < -0.4 is 24.6 Å². The molecule has 1 saturated heterocycles. The van der Waals surface area contributed by atoms with Gasteiger partial charge in [-0.05, 0) is 112 Å². The lowest BCUT2D eigenvalue weighted by Gasteiger charge is -2.35. The highest BCUT2D eigenvalue weighted by Crippen LogP contribution is 2.60. The Morgan fingerprint density at radius 3 is 2.37 bits per heavy atom. The summed E-state index contributed by atoms with van der Waals surface area (Å²) in [6.45, 7) is 9.08. The number of methoxy groups -OCH3 is 1. The summed E-state index contributed by atoms with van der Waals surface area (Å²) in [6.07, 6.45) is 1.81. The molecule has 1 spiro atoms. The molecule has 3 aromatic rings. The molecule has 274 valence electrons. The minimum Gasteiger partial charge on any atom is -0.497 e. The molecular formula is C39H51N3O8Si. The molecule has 4 N–H and O–H groups in total. The van der Waals surface area contributed by atoms with Gasteiger partial charge in [-0.25, -0.2) is 0 Å². The molecule has 12 heteroatoms. The Morgan fingerprint density at radius 2 is 1.71 bits per heavy atom. The van der Waals surface area contributed by atoms with Gasteiger partial charge in [0.1, 0.15) is 11.5 Å². The second kappa shape index (κ2) is 15.1. The number of carbonyl (C=O) groups is 2. The number of aliphatic hydroxyl groups is 2. The highest BCUT2D eigenvalue weighted by molar-refractivity contribution is 6.71. The van der Waals surface area contributed by atoms with Gasteiger partial charge < -0.3 is 39.4 Å². The second-order valence-corrected chi connectivity index (χ2v) is 18.3. The maximum Gasteiger partial charge on any atom is 0.264 e. The van der Waals surface area contributed by atoms with Crippen LogP contribution >= 0.6 is 0 Å². The summed E-state index contributed by atoms with van der Waals surface area (Å²) >= 11 is 0. The summed E-state index contributed by atoms with van der Waals surface area (Å²) in [5, 5.41) is 22.5. The molecule has 0 radical (unpaired) electrons. The van der Waals surface area contributed by atoms with E-state index in [1.165, 1.54) is 0 Å². The lowest BCUT2D eigenvalue weighted by atomic mass is 9.82. The predicted molar refractivity (Wildman–Crippen MR) is 198 cm³/mol. The van der Waals surface area contributed by atoms with Crippen molar-refractivity contribution in [3.63, 3.8) is 0 Å². The molecule has 1 unspecified atom stereocenters. The van der Waals surface area contributed by atoms with E-state index in [0.29, 0.717) is 49.4 Å². The minimum atomic E-state index is -2.82. The monoisotopic (exact) mass is 717 g/mol. The smallest absolute Gasteiger partial charge is 0.264 e. The predicted octanol–water partition coefficient (Wildman–Crippen LogP) is 4.77. The third-order valence-corrected chi connectivity index (χ3v) is 13.2. The second-order valence-electron chi connectivity index (χ2n) is 14.4. The van der Waals surface area contributed by atoms with Gasteiger partial charge in [-0.3, -0.25) is 14.5 Å². The van der Waals surface area contributed by atoms with Crippen molar-refractivity contribution >= 4 is 37.2 Å². The first kappa shape index (κ1) is 37.0. The van der Waals surface area contributed by atoms with E-state index in [-0.39, 0.29) is 43.0 Å². The molecule has 3 aliphatic rings. The molecule has 3 aliphatic heterocycles. The van der Waals surface area contributed by atoms with Gasteiger partial charge in [0, 0.05) is 35.9 Å². The Kier molecular flexibility index (Phi) is 10.9. The third-order valence-electron chi connectivity index (χ3n) is 10.7. The van der Waals surface area contributed by atoms with Crippen LogP contribution in [0.2, 0.25) is 18.6 Å². The lowest BCUT2D eigenvalue weighted by molar-refractivity contribution is -0.146. The summed E-state index contributed by atoms with van der Waals surface area (Å²) in [5.41, 5.74) is 3.22. The molecular weight excluding hydrogens is 667 g/mol. The standard InChI is InChI=1S/C39H51N3O8Si/c1-6-49-30-14-15-33-27(21-30)22-32(40-18-7-8-19-43)37(45)42(33)28-11-9-26(10-12-28)24-41-34-16-13-29(48-3)23-31(34)39(38(41)46)25(2)36(51(4,5)47)35(50-39)17-20-44/h9-16,21,23,25,32,35-36,40,43-44,47H,6-8,17-20,22,24H2,1-5H3/t25-,32?,35+,36-,39+/m0/s1. The van der Waals surface area contributed by atoms with Crippen LogP contribution in [0.15, 0.2) is 60.7 Å². The van der Waals surface area contributed by atoms with E-state index in [9.17, 15) is 24.6 Å². The molecule has 0 aromatic heterocycles. The summed E-state index contributed by atoms with van der Waals surface area (Å²) < 4.78 is 18.1. The van der Waals surface area contributed by atoms with Crippen molar-refractivity contribution in [1.82, 2.24) is 5.32 Å². The number of carbonyl (C=O) groups excluding carboxylic acids is 2. The SMILES string of the molecule is CCOc1ccc2c(c1)CC(NCCCCO)C(=O)N2c1ccc(CN2C(=O)[C@]3(O[C@H](CCO)[C@@H]([Si](C)(C)O)[C@@H]3C)c3cc(OC)ccc32)cc1. The summed E-state index contributed by atoms with van der Waals surface area (Å²) in [6, 6.07) is 18.7. The number of hydrogen-bond acceptors (Lipinski definition) is 9. The normalized spacial score (nSPS) is 24.3. The largest absolute Gasteiger partial charge is 0.497 e. The zero-order chi connectivity index (χ0) is 36.5. The van der Waals surface area contributed by atoms with E-state index in [4.69, 9.17) is 14.2 Å². The average Bonchev–Trinajstić information content (AvgIpc) is 3.53. The van der Waals surface area contributed by atoms with Crippen LogP contribution in [-0.2, 0) is 32.9 Å². The fourth-order valence-electron chi connectivity index (χ4n) is 8.39. The van der Waals surface area contributed by atoms with Crippen LogP contribution in [-0.4, -0.2) is 80.8 Å². The van der Waals surface area contributed by atoms with Crippen molar-refractivity contribution in [3.8, 4) is 11.5 Å². The van der Waals surface area contributed by atoms with Crippen LogP contribution in [0.25, 0.3) is 0 Å². The highest BCUT2D eigenvalue weighted by atomic mass is 28.4. The number of fused-ring (bicyclic) bond motifs is 3. The van der Waals surface area contributed by atoms with Gasteiger partial charge in [-0.2, -0.15) is 0 Å². The van der Waals surface area contributed by atoms with Gasteiger partial charge in [0.05, 0.1) is 43.8 Å². The Balaban J connectivity index is 1.31. The first-order valence-corrected chi connectivity index (χ1v) is 21.0. The summed E-state index contributed by atoms with van der Waals surface area (Å²) in [5.74, 6) is 0.756. The van der Waals surface area contributed by atoms with Crippen molar-refractivity contribution < 1.29 is 38.8 Å². The molecule has 6 rings (SSSR count). The fourth-order valence-corrected chi connectivity index (χ4v) is 11.0. The van der Waals surface area contributed by atoms with E-state index in [0.717, 1.165) is 34.7 Å². The first-order chi connectivity index (χ1) is 24.5. The van der Waals surface area contributed by atoms with Crippen molar-refractivity contribution in [2.24, 2.45) is 5.92 Å². The number of aliphatic hydroxyl groups excluding tert-OH is 2. The maximum absolute atomic E-state index is 14.7. The number of anilines is 3. The Bertz CT molecular complexity index is 1730. The van der Waals surface area contributed by atoms with Crippen molar-refractivity contribution in [2.45, 2.75) is 82.5 Å². The molecule has 0 aliphatic carbocycles. The number of rotatable bonds is 14. The van der Waals surface area contributed by atoms with Crippen LogP contribution in [0.3, 0.4) is 0 Å². The summed E-state index contributed by atoms with van der Waals surface area (Å²) in [7, 11) is -1.23. The number of amides is 2. The number of hydrogen-bond donors (Lipinski definition) is 4. The lowest BCUT2D eigenvalue weighted by Crippen LogP contribution is -2.49. The molecule has 2 amide bonds. The van der Waals surface area contributed by atoms with Crippen LogP contribution in [0.1, 0.15) is 49.8 Å². The molecule has 0 saturated carbocycles. The van der Waals surface area contributed by atoms with Crippen molar-refractivity contribution in [1.29, 1.82) is 0 Å². The van der Waals surface area contributed by atoms with Gasteiger partial charge in [0.25, 0.3) is 5.91 Å². The summed E-state index contributed by atoms with van der Waals surface area (Å²) in [4.78, 5) is 43.5. The minimum absolute atomic E-state index is 0.0577. The Labute approximate surface area is 301 Å². The highest BCUT2D eigenvalue weighted by Gasteiger charge is 2.66. The number of benzene rings is 3. The van der Waals surface area contributed by atoms with E-state index in [2.05, 4.69) is 5.32 Å². The Hall–Kier alpha value is -3.78. The van der Waals surface area contributed by atoms with Crippen LogP contribution in [0.4, 0.5) is 17.1 Å². The molecule has 0 bridgehead atoms. The molecule has 5 atom stereocenters. The van der Waals surface area contributed by atoms with Gasteiger partial charge in [-0.1, -0.05) is 19.1 Å². The molecule has 11 nitrogen and oxygen atoms in total. The maximum atomic E-state index is 14.7. The van der Waals surface area contributed by atoms with Gasteiger partial charge in [-0.15, -0.1) is 0 Å². The quantitative estimate of drug-likeness (QED) is 0.137. The van der Waals surface area contributed by atoms with E-state index < -0.39 is 26.1 Å². The van der Waals surface area contributed by atoms with Gasteiger partial charge >= 0.3 is 0 Å². The topological polar surface area (TPSA) is 141 Å². The molecule has 3 aromatic carbocycles. The first-order valence-electron chi connectivity index (χ1n) is 18.0. The third kappa shape index (κ3) is 6.81. The molecule has 1 fully saturated rings. The molecule has 51 heavy (non-hydrogen) atoms. The number of nitrogens with one attached hydrogen (secondary N) is 1. The average molecular weight is 718 g/mol. The van der Waals surface area contributed by atoms with E-state index in [1.54, 1.807) is 16.9 Å². The molecule has 3 heterocycles. The number of nitrogens with zero attached hydrogens (tertiary/aromatic N) is 2. The van der Waals surface area contributed by atoms with Crippen LogP contribution in [0, 0.1) is 5.92 Å². The number of ether oxygens (including phenoxy) is 3. The van der Waals surface area contributed by atoms with Gasteiger partial charge in [0.2, 0.25) is 5.91 Å². The Morgan fingerprint density at radius 1 is 0.980 bits per heavy atom. The van der Waals surface area contributed by atoms with Gasteiger partial charge in [0.15, 0.2) is 13.9 Å². The van der Waals surface area contributed by atoms with Crippen molar-refractivity contribution in [3.05, 3.63) is 77.4 Å². The zero-order valence-corrected chi connectivity index (χ0v) is 31.2.